The lowest BCUT2D eigenvalue weighted by Crippen LogP contribution is -2.40. The highest BCUT2D eigenvalue weighted by molar-refractivity contribution is 7.18. The molecule has 0 unspecified atom stereocenters. The SMILES string of the molecule is C=CC(=O)N1CCn2nc(-c3nc(-c4ccc5c(c4)C(=O)N(C)C5)c4ccsc4c3-c3c(F)cc(F)cc3OCCOC)cc2[C@H]1C. The first-order valence-electron chi connectivity index (χ1n) is 15.1. The van der Waals surface area contributed by atoms with E-state index in [1.807, 2.05) is 47.3 Å². The van der Waals surface area contributed by atoms with Crippen molar-refractivity contribution in [1.82, 2.24) is 24.6 Å². The van der Waals surface area contributed by atoms with Gasteiger partial charge in [0, 0.05) is 66.2 Å². The van der Waals surface area contributed by atoms with Crippen LogP contribution in [-0.4, -0.2) is 70.3 Å². The Labute approximate surface area is 273 Å². The Bertz CT molecular complexity index is 2090. The van der Waals surface area contributed by atoms with Crippen molar-refractivity contribution < 1.29 is 27.8 Å². The van der Waals surface area contributed by atoms with Crippen molar-refractivity contribution in [1.29, 1.82) is 0 Å². The molecule has 2 amide bonds. The fraction of sp³-hybridized carbons (Fsp3) is 0.257. The summed E-state index contributed by atoms with van der Waals surface area (Å²) >= 11 is 1.39. The Morgan fingerprint density at radius 3 is 2.72 bits per heavy atom. The quantitative estimate of drug-likeness (QED) is 0.141. The average Bonchev–Trinajstić information content (AvgIpc) is 3.78. The van der Waals surface area contributed by atoms with Gasteiger partial charge in [-0.05, 0) is 42.1 Å². The van der Waals surface area contributed by atoms with Crippen molar-refractivity contribution in [2.45, 2.75) is 26.1 Å². The van der Waals surface area contributed by atoms with Crippen LogP contribution in [0.1, 0.15) is 34.6 Å². The van der Waals surface area contributed by atoms with Crippen molar-refractivity contribution in [3.05, 3.63) is 89.0 Å². The minimum absolute atomic E-state index is 0.0105. The predicted molar refractivity (Wildman–Crippen MR) is 175 cm³/mol. The van der Waals surface area contributed by atoms with Gasteiger partial charge in [-0.3, -0.25) is 14.3 Å². The summed E-state index contributed by atoms with van der Waals surface area (Å²) in [6.45, 7) is 7.26. The number of thiophene rings is 1. The van der Waals surface area contributed by atoms with Crippen LogP contribution in [0.5, 0.6) is 5.75 Å². The van der Waals surface area contributed by atoms with E-state index in [9.17, 15) is 14.0 Å². The first kappa shape index (κ1) is 30.7. The van der Waals surface area contributed by atoms with Gasteiger partial charge in [-0.15, -0.1) is 11.3 Å². The largest absolute Gasteiger partial charge is 0.490 e. The third-order valence-corrected chi connectivity index (χ3v) is 9.68. The second-order valence-corrected chi connectivity index (χ2v) is 12.5. The molecule has 0 spiro atoms. The number of methoxy groups -OCH3 is 1. The Hall–Kier alpha value is -4.94. The lowest BCUT2D eigenvalue weighted by molar-refractivity contribution is -0.129. The fourth-order valence-electron chi connectivity index (χ4n) is 6.43. The summed E-state index contributed by atoms with van der Waals surface area (Å²) in [5.41, 5.74) is 4.91. The summed E-state index contributed by atoms with van der Waals surface area (Å²) in [6.07, 6.45) is 1.29. The number of rotatable bonds is 8. The molecule has 0 saturated carbocycles. The highest BCUT2D eigenvalue weighted by Crippen LogP contribution is 2.47. The fourth-order valence-corrected chi connectivity index (χ4v) is 7.38. The maximum Gasteiger partial charge on any atom is 0.254 e. The third-order valence-electron chi connectivity index (χ3n) is 8.75. The van der Waals surface area contributed by atoms with Crippen molar-refractivity contribution in [3.63, 3.8) is 0 Å². The minimum Gasteiger partial charge on any atom is -0.490 e. The van der Waals surface area contributed by atoms with E-state index < -0.39 is 11.6 Å². The van der Waals surface area contributed by atoms with Crippen LogP contribution in [0.4, 0.5) is 8.78 Å². The van der Waals surface area contributed by atoms with Crippen LogP contribution in [0.3, 0.4) is 0 Å². The molecule has 0 aliphatic carbocycles. The van der Waals surface area contributed by atoms with E-state index in [4.69, 9.17) is 19.6 Å². The van der Waals surface area contributed by atoms with Crippen LogP contribution in [0.25, 0.3) is 43.9 Å². The van der Waals surface area contributed by atoms with Crippen LogP contribution in [0.15, 0.2) is 60.5 Å². The number of pyridine rings is 1. The van der Waals surface area contributed by atoms with Crippen molar-refractivity contribution in [2.24, 2.45) is 0 Å². The van der Waals surface area contributed by atoms with Crippen molar-refractivity contribution in [3.8, 4) is 39.5 Å². The summed E-state index contributed by atoms with van der Waals surface area (Å²) in [6, 6.07) is 11.2. The van der Waals surface area contributed by atoms with Gasteiger partial charge in [0.2, 0.25) is 5.91 Å². The van der Waals surface area contributed by atoms with E-state index in [2.05, 4.69) is 6.58 Å². The highest BCUT2D eigenvalue weighted by Gasteiger charge is 2.32. The maximum absolute atomic E-state index is 16.1. The number of halogens is 2. The number of aromatic nitrogens is 3. The Morgan fingerprint density at radius 1 is 1.11 bits per heavy atom. The lowest BCUT2D eigenvalue weighted by Gasteiger charge is -2.33. The average molecular weight is 656 g/mol. The molecule has 12 heteroatoms. The molecule has 47 heavy (non-hydrogen) atoms. The first-order valence-corrected chi connectivity index (χ1v) is 16.0. The second kappa shape index (κ2) is 12.0. The van der Waals surface area contributed by atoms with Gasteiger partial charge in [0.1, 0.15) is 35.4 Å². The molecule has 2 aromatic carbocycles. The number of hydrogen-bond acceptors (Lipinski definition) is 7. The van der Waals surface area contributed by atoms with E-state index in [0.29, 0.717) is 52.5 Å². The molecule has 1 atom stereocenters. The van der Waals surface area contributed by atoms with Crippen LogP contribution in [-0.2, 0) is 22.6 Å². The highest BCUT2D eigenvalue weighted by atomic mass is 32.1. The number of carbonyl (C=O) groups is 2. The Morgan fingerprint density at radius 2 is 1.94 bits per heavy atom. The van der Waals surface area contributed by atoms with Crippen molar-refractivity contribution >= 4 is 33.2 Å². The molecule has 5 aromatic rings. The summed E-state index contributed by atoms with van der Waals surface area (Å²) in [7, 11) is 3.28. The molecule has 0 bridgehead atoms. The summed E-state index contributed by atoms with van der Waals surface area (Å²) in [5.74, 6) is -1.83. The number of ether oxygens (including phenoxy) is 2. The van der Waals surface area contributed by atoms with E-state index in [1.165, 1.54) is 24.5 Å². The smallest absolute Gasteiger partial charge is 0.254 e. The number of amides is 2. The van der Waals surface area contributed by atoms with Gasteiger partial charge in [0.15, 0.2) is 0 Å². The Balaban J connectivity index is 1.49. The number of hydrogen-bond donors (Lipinski definition) is 0. The summed E-state index contributed by atoms with van der Waals surface area (Å²) in [5, 5.41) is 7.54. The van der Waals surface area contributed by atoms with Crippen LogP contribution < -0.4 is 4.74 Å². The van der Waals surface area contributed by atoms with Gasteiger partial charge in [-0.25, -0.2) is 13.8 Å². The number of benzene rings is 2. The van der Waals surface area contributed by atoms with E-state index in [0.717, 1.165) is 34.3 Å². The van der Waals surface area contributed by atoms with Crippen LogP contribution in [0.2, 0.25) is 0 Å². The molecule has 5 heterocycles. The number of carbonyl (C=O) groups excluding carboxylic acids is 2. The zero-order chi connectivity index (χ0) is 33.0. The van der Waals surface area contributed by atoms with E-state index >= 15 is 4.39 Å². The number of fused-ring (bicyclic) bond motifs is 3. The molecule has 2 aliphatic rings. The molecule has 2 aliphatic heterocycles. The zero-order valence-electron chi connectivity index (χ0n) is 26.0. The van der Waals surface area contributed by atoms with Gasteiger partial charge in [-0.1, -0.05) is 18.7 Å². The molecule has 0 fully saturated rings. The normalized spacial score (nSPS) is 15.7. The van der Waals surface area contributed by atoms with E-state index in [1.54, 1.807) is 16.8 Å². The first-order chi connectivity index (χ1) is 22.7. The molecule has 7 rings (SSSR count). The summed E-state index contributed by atoms with van der Waals surface area (Å²) < 4.78 is 44.3. The zero-order valence-corrected chi connectivity index (χ0v) is 26.9. The topological polar surface area (TPSA) is 89.8 Å². The monoisotopic (exact) mass is 655 g/mol. The molecule has 240 valence electrons. The van der Waals surface area contributed by atoms with Gasteiger partial charge < -0.3 is 19.3 Å². The Kier molecular flexibility index (Phi) is 7.85. The van der Waals surface area contributed by atoms with Gasteiger partial charge in [-0.2, -0.15) is 5.10 Å². The lowest BCUT2D eigenvalue weighted by atomic mass is 9.95. The van der Waals surface area contributed by atoms with E-state index in [-0.39, 0.29) is 42.4 Å². The molecule has 0 saturated heterocycles. The second-order valence-electron chi connectivity index (χ2n) is 11.6. The van der Waals surface area contributed by atoms with Gasteiger partial charge in [0.05, 0.1) is 36.1 Å². The molecule has 0 N–H and O–H groups in total. The maximum atomic E-state index is 16.1. The molecular weight excluding hydrogens is 624 g/mol. The standard InChI is InChI=1S/C35H31F2N5O4S/c1-5-29(43)41-9-10-42-27(19(41)2)17-26(39-42)33-31(30-25(37)15-22(36)16-28(30)46-12-11-45-4)34-23(8-13-47-34)32(38-33)20-6-7-21-18-40(3)35(44)24(21)14-20/h5-8,13-17,19H,1,9-12,18H2,2-4H3/t19-/m1/s1. The molecular formula is C35H31F2N5O4S. The van der Waals surface area contributed by atoms with Crippen LogP contribution in [0, 0.1) is 11.6 Å². The minimum atomic E-state index is -0.811. The van der Waals surface area contributed by atoms with Gasteiger partial charge in [0.25, 0.3) is 5.91 Å². The molecule has 9 nitrogen and oxygen atoms in total. The van der Waals surface area contributed by atoms with Gasteiger partial charge >= 0.3 is 0 Å². The van der Waals surface area contributed by atoms with Crippen LogP contribution >= 0.6 is 11.3 Å². The molecule has 3 aromatic heterocycles. The third kappa shape index (κ3) is 5.17. The number of nitrogens with zero attached hydrogens (tertiary/aromatic N) is 5. The predicted octanol–water partition coefficient (Wildman–Crippen LogP) is 6.47. The molecule has 0 radical (unpaired) electrons. The van der Waals surface area contributed by atoms with Crippen molar-refractivity contribution in [2.75, 3.05) is 33.9 Å². The summed E-state index contributed by atoms with van der Waals surface area (Å²) in [4.78, 5) is 34.1.